The van der Waals surface area contributed by atoms with Gasteiger partial charge < -0.3 is 10.1 Å². The third-order valence-electron chi connectivity index (χ3n) is 3.57. The summed E-state index contributed by atoms with van der Waals surface area (Å²) in [7, 11) is 1.61. The number of aryl methyl sites for hydroxylation is 1. The van der Waals surface area contributed by atoms with Gasteiger partial charge in [0.25, 0.3) is 5.91 Å². The van der Waals surface area contributed by atoms with Crippen LogP contribution in [0.2, 0.25) is 0 Å². The van der Waals surface area contributed by atoms with Crippen molar-refractivity contribution in [2.24, 2.45) is 4.99 Å². The number of ether oxygens (including phenoxy) is 1. The van der Waals surface area contributed by atoms with Crippen LogP contribution in [0.15, 0.2) is 45.9 Å². The molecule has 0 saturated carbocycles. The first-order valence-electron chi connectivity index (χ1n) is 6.99. The lowest BCUT2D eigenvalue weighted by molar-refractivity contribution is -0.110. The number of amides is 1. The highest BCUT2D eigenvalue weighted by Gasteiger charge is 2.28. The zero-order chi connectivity index (χ0) is 15.7. The minimum Gasteiger partial charge on any atom is -0.497 e. The van der Waals surface area contributed by atoms with Crippen LogP contribution < -0.4 is 10.1 Å². The summed E-state index contributed by atoms with van der Waals surface area (Å²) in [5.74, 6) is 0.537. The average Bonchev–Trinajstić information content (AvgIpc) is 2.83. The van der Waals surface area contributed by atoms with E-state index in [1.54, 1.807) is 13.2 Å². The molecule has 3 rings (SSSR count). The van der Waals surface area contributed by atoms with Gasteiger partial charge >= 0.3 is 0 Å². The fraction of sp³-hybridized carbons (Fsp3) is 0.176. The van der Waals surface area contributed by atoms with Crippen molar-refractivity contribution in [1.82, 2.24) is 0 Å². The van der Waals surface area contributed by atoms with Gasteiger partial charge in [-0.25, -0.2) is 4.99 Å². The molecule has 0 aliphatic carbocycles. The number of hydrogen-bond acceptors (Lipinski definition) is 3. The minimum atomic E-state index is -0.175. The second-order valence-electron chi connectivity index (χ2n) is 4.96. The minimum absolute atomic E-state index is 0.175. The van der Waals surface area contributed by atoms with E-state index < -0.39 is 0 Å². The third-order valence-corrected chi connectivity index (χ3v) is 4.03. The zero-order valence-electron chi connectivity index (χ0n) is 12.3. The van der Waals surface area contributed by atoms with E-state index in [9.17, 15) is 4.79 Å². The van der Waals surface area contributed by atoms with Gasteiger partial charge in [-0.15, -0.1) is 0 Å². The molecule has 0 atom stereocenters. The van der Waals surface area contributed by atoms with E-state index >= 15 is 0 Å². The standard InChI is InChI=1S/C17H15BrN2O2/c1-3-10-7-11(18)8-14-15(10)20-17(21)16(14)19-12-5-4-6-13(9-12)22-2/h4-9H,3H2,1-2H3,(H,19,20,21). The van der Waals surface area contributed by atoms with Crippen molar-refractivity contribution in [2.75, 3.05) is 12.4 Å². The number of methoxy groups -OCH3 is 1. The van der Waals surface area contributed by atoms with E-state index in [2.05, 4.69) is 33.2 Å². The maximum Gasteiger partial charge on any atom is 0.275 e. The number of nitrogens with one attached hydrogen (secondary N) is 1. The van der Waals surface area contributed by atoms with Gasteiger partial charge in [0, 0.05) is 16.1 Å². The number of fused-ring (bicyclic) bond motifs is 1. The number of hydrogen-bond donors (Lipinski definition) is 1. The molecule has 0 spiro atoms. The number of benzene rings is 2. The summed E-state index contributed by atoms with van der Waals surface area (Å²) in [6, 6.07) is 11.3. The summed E-state index contributed by atoms with van der Waals surface area (Å²) >= 11 is 3.50. The average molecular weight is 359 g/mol. The first-order chi connectivity index (χ1) is 10.6. The predicted molar refractivity (Wildman–Crippen MR) is 91.3 cm³/mol. The molecule has 1 aliphatic heterocycles. The van der Waals surface area contributed by atoms with E-state index in [-0.39, 0.29) is 5.91 Å². The second kappa shape index (κ2) is 5.93. The molecular formula is C17H15BrN2O2. The molecule has 1 heterocycles. The van der Waals surface area contributed by atoms with Gasteiger partial charge in [-0.3, -0.25) is 4.79 Å². The van der Waals surface area contributed by atoms with Crippen molar-refractivity contribution in [3.05, 3.63) is 52.0 Å². The number of anilines is 1. The Hall–Kier alpha value is -2.14. The fourth-order valence-corrected chi connectivity index (χ4v) is 3.00. The molecule has 1 aliphatic rings. The van der Waals surface area contributed by atoms with E-state index in [1.807, 2.05) is 30.3 Å². The molecular weight excluding hydrogens is 344 g/mol. The van der Waals surface area contributed by atoms with Gasteiger partial charge in [-0.05, 0) is 36.2 Å². The Morgan fingerprint density at radius 1 is 1.27 bits per heavy atom. The molecule has 1 N–H and O–H groups in total. The first kappa shape index (κ1) is 14.8. The smallest absolute Gasteiger partial charge is 0.275 e. The van der Waals surface area contributed by atoms with Crippen molar-refractivity contribution in [1.29, 1.82) is 0 Å². The maximum absolute atomic E-state index is 12.3. The van der Waals surface area contributed by atoms with Crippen LogP contribution in [0.3, 0.4) is 0 Å². The van der Waals surface area contributed by atoms with E-state index in [0.29, 0.717) is 17.1 Å². The van der Waals surface area contributed by atoms with Gasteiger partial charge in [0.15, 0.2) is 0 Å². The number of aliphatic imine (C=N–C) groups is 1. The zero-order valence-corrected chi connectivity index (χ0v) is 13.9. The van der Waals surface area contributed by atoms with E-state index in [4.69, 9.17) is 4.74 Å². The molecule has 0 unspecified atom stereocenters. The van der Waals surface area contributed by atoms with Crippen LogP contribution in [0, 0.1) is 0 Å². The summed E-state index contributed by atoms with van der Waals surface area (Å²) in [6.45, 7) is 2.06. The summed E-state index contributed by atoms with van der Waals surface area (Å²) < 4.78 is 6.14. The largest absolute Gasteiger partial charge is 0.497 e. The predicted octanol–water partition coefficient (Wildman–Crippen LogP) is 4.09. The molecule has 22 heavy (non-hydrogen) atoms. The van der Waals surface area contributed by atoms with Crippen LogP contribution in [0.25, 0.3) is 0 Å². The fourth-order valence-electron chi connectivity index (χ4n) is 2.49. The lowest BCUT2D eigenvalue weighted by Gasteiger charge is -2.06. The number of carbonyl (C=O) groups excluding carboxylic acids is 1. The normalized spacial score (nSPS) is 14.9. The van der Waals surface area contributed by atoms with Crippen LogP contribution in [0.1, 0.15) is 18.1 Å². The molecule has 112 valence electrons. The molecule has 1 amide bonds. The molecule has 0 saturated heterocycles. The maximum atomic E-state index is 12.3. The Balaban J connectivity index is 2.11. The van der Waals surface area contributed by atoms with Gasteiger partial charge in [0.1, 0.15) is 11.5 Å². The summed E-state index contributed by atoms with van der Waals surface area (Å²) in [5, 5.41) is 2.92. The van der Waals surface area contributed by atoms with Crippen LogP contribution in [-0.4, -0.2) is 18.7 Å². The van der Waals surface area contributed by atoms with E-state index in [1.165, 1.54) is 0 Å². The summed E-state index contributed by atoms with van der Waals surface area (Å²) in [6.07, 6.45) is 0.842. The topological polar surface area (TPSA) is 50.7 Å². The van der Waals surface area contributed by atoms with Gasteiger partial charge in [0.05, 0.1) is 18.5 Å². The lowest BCUT2D eigenvalue weighted by Crippen LogP contribution is -2.14. The molecule has 0 fully saturated rings. The van der Waals surface area contributed by atoms with Gasteiger partial charge in [-0.2, -0.15) is 0 Å². The molecule has 2 aromatic rings. The van der Waals surface area contributed by atoms with Crippen LogP contribution in [0.4, 0.5) is 11.4 Å². The number of rotatable bonds is 3. The lowest BCUT2D eigenvalue weighted by atomic mass is 10.0. The second-order valence-corrected chi connectivity index (χ2v) is 5.87. The van der Waals surface area contributed by atoms with Crippen molar-refractivity contribution >= 4 is 38.9 Å². The SMILES string of the molecule is CCc1cc(Br)cc2c1NC(=O)C2=Nc1cccc(OC)c1. The van der Waals surface area contributed by atoms with Gasteiger partial charge in [-0.1, -0.05) is 28.9 Å². The Morgan fingerprint density at radius 3 is 2.82 bits per heavy atom. The van der Waals surface area contributed by atoms with Crippen molar-refractivity contribution in [3.8, 4) is 5.75 Å². The number of halogens is 1. The van der Waals surface area contributed by atoms with Crippen LogP contribution in [0.5, 0.6) is 5.75 Å². The van der Waals surface area contributed by atoms with Crippen molar-refractivity contribution in [2.45, 2.75) is 13.3 Å². The third kappa shape index (κ3) is 2.64. The highest BCUT2D eigenvalue weighted by atomic mass is 79.9. The Kier molecular flexibility index (Phi) is 3.98. The first-order valence-corrected chi connectivity index (χ1v) is 7.78. The van der Waals surface area contributed by atoms with Crippen molar-refractivity contribution < 1.29 is 9.53 Å². The van der Waals surface area contributed by atoms with Crippen LogP contribution >= 0.6 is 15.9 Å². The highest BCUT2D eigenvalue weighted by molar-refractivity contribution is 9.10. The monoisotopic (exact) mass is 358 g/mol. The highest BCUT2D eigenvalue weighted by Crippen LogP contribution is 2.33. The molecule has 0 radical (unpaired) electrons. The van der Waals surface area contributed by atoms with Crippen molar-refractivity contribution in [3.63, 3.8) is 0 Å². The quantitative estimate of drug-likeness (QED) is 0.897. The molecule has 4 nitrogen and oxygen atoms in total. The summed E-state index contributed by atoms with van der Waals surface area (Å²) in [5.41, 5.74) is 3.90. The Bertz CT molecular complexity index is 784. The van der Waals surface area contributed by atoms with Crippen LogP contribution in [-0.2, 0) is 11.2 Å². The van der Waals surface area contributed by atoms with Gasteiger partial charge in [0.2, 0.25) is 0 Å². The molecule has 0 aromatic heterocycles. The summed E-state index contributed by atoms with van der Waals surface area (Å²) in [4.78, 5) is 16.8. The number of carbonyl (C=O) groups is 1. The van der Waals surface area contributed by atoms with E-state index in [0.717, 1.165) is 27.7 Å². The molecule has 5 heteroatoms. The molecule has 2 aromatic carbocycles. The number of nitrogens with zero attached hydrogens (tertiary/aromatic N) is 1. The Labute approximate surface area is 137 Å². The Morgan fingerprint density at radius 2 is 2.09 bits per heavy atom. The molecule has 0 bridgehead atoms.